The molecule has 1 saturated heterocycles. The molecule has 0 aromatic carbocycles. The molecule has 1 heterocycles. The van der Waals surface area contributed by atoms with E-state index < -0.39 is 0 Å². The SMILES string of the molecule is ICCCNCC1CCOC1. The summed E-state index contributed by atoms with van der Waals surface area (Å²) in [5.74, 6) is 0.782. The predicted octanol–water partition coefficient (Wildman–Crippen LogP) is 1.44. The van der Waals surface area contributed by atoms with Gasteiger partial charge in [0.1, 0.15) is 0 Å². The lowest BCUT2D eigenvalue weighted by Gasteiger charge is -2.07. The van der Waals surface area contributed by atoms with Crippen molar-refractivity contribution in [1.82, 2.24) is 5.32 Å². The number of hydrogen-bond donors (Lipinski definition) is 1. The highest BCUT2D eigenvalue weighted by Crippen LogP contribution is 2.10. The lowest BCUT2D eigenvalue weighted by atomic mass is 10.1. The highest BCUT2D eigenvalue weighted by atomic mass is 127. The number of rotatable bonds is 5. The maximum absolute atomic E-state index is 5.27. The van der Waals surface area contributed by atoms with E-state index in [1.807, 2.05) is 0 Å². The summed E-state index contributed by atoms with van der Waals surface area (Å²) >= 11 is 2.41. The average molecular weight is 269 g/mol. The van der Waals surface area contributed by atoms with Crippen LogP contribution in [-0.2, 0) is 4.74 Å². The molecule has 1 aliphatic heterocycles. The number of hydrogen-bond acceptors (Lipinski definition) is 2. The fourth-order valence-electron chi connectivity index (χ4n) is 1.24. The lowest BCUT2D eigenvalue weighted by molar-refractivity contribution is 0.185. The summed E-state index contributed by atoms with van der Waals surface area (Å²) in [6, 6.07) is 0. The summed E-state index contributed by atoms with van der Waals surface area (Å²) in [5.41, 5.74) is 0. The van der Waals surface area contributed by atoms with Gasteiger partial charge in [-0.3, -0.25) is 0 Å². The van der Waals surface area contributed by atoms with Crippen LogP contribution in [0.1, 0.15) is 12.8 Å². The summed E-state index contributed by atoms with van der Waals surface area (Å²) in [7, 11) is 0. The number of ether oxygens (including phenoxy) is 1. The van der Waals surface area contributed by atoms with Crippen LogP contribution in [-0.4, -0.2) is 30.7 Å². The minimum Gasteiger partial charge on any atom is -0.381 e. The Balaban J connectivity index is 1.86. The van der Waals surface area contributed by atoms with Crippen molar-refractivity contribution in [2.45, 2.75) is 12.8 Å². The third-order valence-corrected chi connectivity index (χ3v) is 2.71. The molecule has 1 N–H and O–H groups in total. The van der Waals surface area contributed by atoms with E-state index >= 15 is 0 Å². The van der Waals surface area contributed by atoms with Crippen LogP contribution >= 0.6 is 22.6 Å². The van der Waals surface area contributed by atoms with Gasteiger partial charge in [0.15, 0.2) is 0 Å². The zero-order valence-corrected chi connectivity index (χ0v) is 8.97. The molecule has 11 heavy (non-hydrogen) atoms. The standard InChI is InChI=1S/C8H16INO/c9-3-1-4-10-6-8-2-5-11-7-8/h8,10H,1-7H2. The van der Waals surface area contributed by atoms with Gasteiger partial charge in [0.25, 0.3) is 0 Å². The molecule has 0 radical (unpaired) electrons. The van der Waals surface area contributed by atoms with Gasteiger partial charge in [0, 0.05) is 17.6 Å². The van der Waals surface area contributed by atoms with Gasteiger partial charge in [-0.05, 0) is 25.3 Å². The Hall–Kier alpha value is 0.650. The Bertz CT molecular complexity index is 94.1. The van der Waals surface area contributed by atoms with Crippen molar-refractivity contribution in [3.8, 4) is 0 Å². The lowest BCUT2D eigenvalue weighted by Crippen LogP contribution is -2.24. The van der Waals surface area contributed by atoms with Gasteiger partial charge < -0.3 is 10.1 Å². The number of nitrogens with one attached hydrogen (secondary N) is 1. The van der Waals surface area contributed by atoms with Crippen LogP contribution in [0.4, 0.5) is 0 Å². The number of halogens is 1. The molecule has 0 saturated carbocycles. The Morgan fingerprint density at radius 2 is 2.45 bits per heavy atom. The average Bonchev–Trinajstić information content (AvgIpc) is 2.50. The van der Waals surface area contributed by atoms with Crippen LogP contribution in [0.25, 0.3) is 0 Å². The van der Waals surface area contributed by atoms with Gasteiger partial charge >= 0.3 is 0 Å². The van der Waals surface area contributed by atoms with E-state index in [2.05, 4.69) is 27.9 Å². The van der Waals surface area contributed by atoms with Crippen molar-refractivity contribution in [3.63, 3.8) is 0 Å². The molecule has 1 rings (SSSR count). The summed E-state index contributed by atoms with van der Waals surface area (Å²) in [4.78, 5) is 0. The molecule has 0 amide bonds. The third kappa shape index (κ3) is 4.28. The van der Waals surface area contributed by atoms with Crippen LogP contribution < -0.4 is 5.32 Å². The fourth-order valence-corrected chi connectivity index (χ4v) is 1.62. The molecule has 2 nitrogen and oxygen atoms in total. The first-order valence-electron chi connectivity index (χ1n) is 4.28. The first-order valence-corrected chi connectivity index (χ1v) is 5.80. The largest absolute Gasteiger partial charge is 0.381 e. The van der Waals surface area contributed by atoms with Crippen LogP contribution in [0.5, 0.6) is 0 Å². The molecule has 0 spiro atoms. The van der Waals surface area contributed by atoms with Gasteiger partial charge in [-0.1, -0.05) is 22.6 Å². The van der Waals surface area contributed by atoms with E-state index in [0.717, 1.165) is 25.7 Å². The van der Waals surface area contributed by atoms with Crippen molar-refractivity contribution < 1.29 is 4.74 Å². The number of alkyl halides is 1. The van der Waals surface area contributed by atoms with Crippen LogP contribution in [0, 0.1) is 5.92 Å². The predicted molar refractivity (Wildman–Crippen MR) is 55.3 cm³/mol. The smallest absolute Gasteiger partial charge is 0.0507 e. The second-order valence-corrected chi connectivity index (χ2v) is 4.06. The van der Waals surface area contributed by atoms with Crippen molar-refractivity contribution in [2.24, 2.45) is 5.92 Å². The normalized spacial score (nSPS) is 24.3. The summed E-state index contributed by atoms with van der Waals surface area (Å²) in [5, 5.41) is 3.44. The van der Waals surface area contributed by atoms with Gasteiger partial charge in [-0.25, -0.2) is 0 Å². The maximum atomic E-state index is 5.27. The molecular formula is C8H16INO. The molecule has 0 bridgehead atoms. The Kier molecular flexibility index (Phi) is 5.49. The van der Waals surface area contributed by atoms with Gasteiger partial charge in [0.05, 0.1) is 6.61 Å². The summed E-state index contributed by atoms with van der Waals surface area (Å²) in [6.07, 6.45) is 2.53. The van der Waals surface area contributed by atoms with E-state index in [9.17, 15) is 0 Å². The topological polar surface area (TPSA) is 21.3 Å². The fraction of sp³-hybridized carbons (Fsp3) is 1.00. The zero-order valence-electron chi connectivity index (χ0n) is 6.81. The summed E-state index contributed by atoms with van der Waals surface area (Å²) < 4.78 is 6.53. The van der Waals surface area contributed by atoms with E-state index in [4.69, 9.17) is 4.74 Å². The second-order valence-electron chi connectivity index (χ2n) is 2.98. The van der Waals surface area contributed by atoms with Crippen molar-refractivity contribution >= 4 is 22.6 Å². The third-order valence-electron chi connectivity index (χ3n) is 1.94. The monoisotopic (exact) mass is 269 g/mol. The molecule has 66 valence electrons. The molecule has 1 unspecified atom stereocenters. The Morgan fingerprint density at radius 3 is 3.09 bits per heavy atom. The van der Waals surface area contributed by atoms with E-state index in [0.29, 0.717) is 0 Å². The Labute approximate surface area is 82.2 Å². The van der Waals surface area contributed by atoms with Crippen molar-refractivity contribution in [1.29, 1.82) is 0 Å². The van der Waals surface area contributed by atoms with Crippen molar-refractivity contribution in [2.75, 3.05) is 30.7 Å². The van der Waals surface area contributed by atoms with Crippen LogP contribution in [0.3, 0.4) is 0 Å². The molecule has 3 heteroatoms. The minimum atomic E-state index is 0.782. The van der Waals surface area contributed by atoms with E-state index in [1.54, 1.807) is 0 Å². The van der Waals surface area contributed by atoms with E-state index in [-0.39, 0.29) is 0 Å². The second kappa shape index (κ2) is 6.20. The van der Waals surface area contributed by atoms with Crippen LogP contribution in [0.15, 0.2) is 0 Å². The highest BCUT2D eigenvalue weighted by molar-refractivity contribution is 14.1. The quantitative estimate of drug-likeness (QED) is 0.463. The first kappa shape index (κ1) is 9.74. The molecule has 1 aliphatic rings. The molecule has 0 aromatic rings. The molecule has 1 fully saturated rings. The van der Waals surface area contributed by atoms with Gasteiger partial charge in [-0.2, -0.15) is 0 Å². The molecular weight excluding hydrogens is 253 g/mol. The van der Waals surface area contributed by atoms with Crippen molar-refractivity contribution in [3.05, 3.63) is 0 Å². The Morgan fingerprint density at radius 1 is 1.55 bits per heavy atom. The van der Waals surface area contributed by atoms with Gasteiger partial charge in [0.2, 0.25) is 0 Å². The molecule has 0 aromatic heterocycles. The van der Waals surface area contributed by atoms with E-state index in [1.165, 1.54) is 23.8 Å². The minimum absolute atomic E-state index is 0.782. The summed E-state index contributed by atoms with van der Waals surface area (Å²) in [6.45, 7) is 4.26. The first-order chi connectivity index (χ1) is 5.43. The maximum Gasteiger partial charge on any atom is 0.0507 e. The zero-order chi connectivity index (χ0) is 7.94. The van der Waals surface area contributed by atoms with Crippen LogP contribution in [0.2, 0.25) is 0 Å². The molecule has 1 atom stereocenters. The van der Waals surface area contributed by atoms with Gasteiger partial charge in [-0.15, -0.1) is 0 Å². The highest BCUT2D eigenvalue weighted by Gasteiger charge is 2.13. The molecule has 0 aliphatic carbocycles.